The second-order valence-corrected chi connectivity index (χ2v) is 8.45. The molecule has 0 aromatic heterocycles. The van der Waals surface area contributed by atoms with E-state index in [0.29, 0.717) is 10.6 Å². The minimum absolute atomic E-state index is 0.00252. The number of benzene rings is 3. The molecular weight excluding hydrogens is 442 g/mol. The van der Waals surface area contributed by atoms with E-state index in [0.717, 1.165) is 0 Å². The summed E-state index contributed by atoms with van der Waals surface area (Å²) in [6.45, 7) is 0. The molecule has 0 fully saturated rings. The van der Waals surface area contributed by atoms with Crippen molar-refractivity contribution in [2.75, 3.05) is 5.32 Å². The first-order valence-electron chi connectivity index (χ1n) is 8.91. The number of nitrogens with two attached hydrogens (primary N) is 2. The Balaban J connectivity index is 1.85. The highest BCUT2D eigenvalue weighted by Crippen LogP contribution is 2.31. The summed E-state index contributed by atoms with van der Waals surface area (Å²) in [7, 11) is -4.19. The zero-order chi connectivity index (χ0) is 22.6. The van der Waals surface area contributed by atoms with Gasteiger partial charge in [0.1, 0.15) is 16.4 Å². The molecule has 10 heteroatoms. The van der Waals surface area contributed by atoms with Crippen molar-refractivity contribution in [2.45, 2.75) is 11.3 Å². The van der Waals surface area contributed by atoms with Gasteiger partial charge in [0.05, 0.1) is 6.42 Å². The van der Waals surface area contributed by atoms with Gasteiger partial charge in [-0.05, 0) is 48.0 Å². The summed E-state index contributed by atoms with van der Waals surface area (Å²) in [4.78, 5) is 23.3. The number of anilines is 1. The van der Waals surface area contributed by atoms with Crippen molar-refractivity contribution in [2.24, 2.45) is 10.9 Å². The third-order valence-corrected chi connectivity index (χ3v) is 5.49. The summed E-state index contributed by atoms with van der Waals surface area (Å²) in [5.41, 5.74) is 6.27. The normalized spacial score (nSPS) is 11.0. The van der Waals surface area contributed by atoms with Gasteiger partial charge in [-0.2, -0.15) is 0 Å². The van der Waals surface area contributed by atoms with Gasteiger partial charge < -0.3 is 15.8 Å². The average molecular weight is 460 g/mol. The Hall–Kier alpha value is -3.40. The molecule has 0 aliphatic rings. The number of amides is 2. The fourth-order valence-electron chi connectivity index (χ4n) is 2.75. The standard InChI is InChI=1S/C21H18ClN3O5S/c22-17-7-2-1-4-13(17)11-20(26)25-15-8-9-18(19(12-15)31(24,28)29)30-16-6-3-5-14(10-16)21(23)27/h1-10,12H,11H2,(H2,23,27)(H,25,26)(H2,24,28,29). The van der Waals surface area contributed by atoms with Gasteiger partial charge in [0, 0.05) is 16.3 Å². The van der Waals surface area contributed by atoms with Gasteiger partial charge in [-0.25, -0.2) is 13.6 Å². The third kappa shape index (κ3) is 5.82. The predicted molar refractivity (Wildman–Crippen MR) is 117 cm³/mol. The zero-order valence-corrected chi connectivity index (χ0v) is 17.6. The summed E-state index contributed by atoms with van der Waals surface area (Å²) >= 11 is 6.06. The molecule has 0 aliphatic heterocycles. The van der Waals surface area contributed by atoms with Crippen molar-refractivity contribution >= 4 is 39.1 Å². The first kappa shape index (κ1) is 22.3. The van der Waals surface area contributed by atoms with Gasteiger partial charge in [0.25, 0.3) is 0 Å². The van der Waals surface area contributed by atoms with Crippen molar-refractivity contribution in [1.82, 2.24) is 0 Å². The van der Waals surface area contributed by atoms with E-state index in [9.17, 15) is 18.0 Å². The van der Waals surface area contributed by atoms with Crippen molar-refractivity contribution in [1.29, 1.82) is 0 Å². The van der Waals surface area contributed by atoms with E-state index < -0.39 is 21.8 Å². The number of carbonyl (C=O) groups excluding carboxylic acids is 2. The number of ether oxygens (including phenoxy) is 1. The molecule has 0 spiro atoms. The number of primary sulfonamides is 1. The molecule has 0 heterocycles. The number of rotatable bonds is 7. The molecular formula is C21H18ClN3O5S. The Morgan fingerprint density at radius 3 is 2.42 bits per heavy atom. The topological polar surface area (TPSA) is 142 Å². The number of hydrogen-bond acceptors (Lipinski definition) is 5. The second kappa shape index (κ2) is 9.17. The van der Waals surface area contributed by atoms with Crippen LogP contribution in [0.5, 0.6) is 11.5 Å². The zero-order valence-electron chi connectivity index (χ0n) is 16.0. The summed E-state index contributed by atoms with van der Waals surface area (Å²) in [6.07, 6.45) is 0.00252. The molecule has 0 saturated heterocycles. The van der Waals surface area contributed by atoms with Gasteiger partial charge in [-0.15, -0.1) is 0 Å². The highest BCUT2D eigenvalue weighted by molar-refractivity contribution is 7.89. The number of halogens is 1. The molecule has 3 aromatic rings. The molecule has 0 radical (unpaired) electrons. The number of sulfonamides is 1. The van der Waals surface area contributed by atoms with E-state index >= 15 is 0 Å². The summed E-state index contributed by atoms with van der Waals surface area (Å²) in [5, 5.41) is 8.38. The Kier molecular flexibility index (Phi) is 6.59. The van der Waals surface area contributed by atoms with Crippen molar-refractivity contribution in [3.63, 3.8) is 0 Å². The molecule has 0 atom stereocenters. The maximum absolute atomic E-state index is 12.3. The Morgan fingerprint density at radius 2 is 1.74 bits per heavy atom. The van der Waals surface area contributed by atoms with Crippen LogP contribution in [-0.4, -0.2) is 20.2 Å². The largest absolute Gasteiger partial charge is 0.456 e. The van der Waals surface area contributed by atoms with E-state index in [4.69, 9.17) is 27.2 Å². The van der Waals surface area contributed by atoms with E-state index in [2.05, 4.69) is 5.32 Å². The number of hydrogen-bond donors (Lipinski definition) is 3. The molecule has 0 unspecified atom stereocenters. The third-order valence-electron chi connectivity index (χ3n) is 4.19. The lowest BCUT2D eigenvalue weighted by molar-refractivity contribution is -0.115. The number of carbonyl (C=O) groups is 2. The van der Waals surface area contributed by atoms with E-state index in [1.54, 1.807) is 24.3 Å². The quantitative estimate of drug-likeness (QED) is 0.497. The minimum Gasteiger partial charge on any atom is -0.456 e. The molecule has 160 valence electrons. The fourth-order valence-corrected chi connectivity index (χ4v) is 3.64. The van der Waals surface area contributed by atoms with Crippen LogP contribution >= 0.6 is 11.6 Å². The molecule has 8 nitrogen and oxygen atoms in total. The molecule has 2 amide bonds. The second-order valence-electron chi connectivity index (χ2n) is 6.52. The summed E-state index contributed by atoms with van der Waals surface area (Å²) < 4.78 is 29.8. The van der Waals surface area contributed by atoms with E-state index in [-0.39, 0.29) is 34.1 Å². The van der Waals surface area contributed by atoms with Gasteiger partial charge in [-0.3, -0.25) is 9.59 Å². The lowest BCUT2D eigenvalue weighted by atomic mass is 10.1. The van der Waals surface area contributed by atoms with Crippen LogP contribution in [-0.2, 0) is 21.2 Å². The van der Waals surface area contributed by atoms with Gasteiger partial charge in [0.2, 0.25) is 21.8 Å². The van der Waals surface area contributed by atoms with Crippen LogP contribution < -0.4 is 20.9 Å². The maximum Gasteiger partial charge on any atom is 0.248 e. The monoisotopic (exact) mass is 459 g/mol. The maximum atomic E-state index is 12.3. The van der Waals surface area contributed by atoms with Crippen LogP contribution in [0.4, 0.5) is 5.69 Å². The van der Waals surface area contributed by atoms with Crippen molar-refractivity contribution < 1.29 is 22.7 Å². The summed E-state index contributed by atoms with van der Waals surface area (Å²) in [5.74, 6) is -0.935. The van der Waals surface area contributed by atoms with Crippen LogP contribution in [0.3, 0.4) is 0 Å². The van der Waals surface area contributed by atoms with Crippen LogP contribution in [0.15, 0.2) is 71.6 Å². The fraction of sp³-hybridized carbons (Fsp3) is 0.0476. The molecule has 0 bridgehead atoms. The average Bonchev–Trinajstić information content (AvgIpc) is 2.70. The molecule has 31 heavy (non-hydrogen) atoms. The van der Waals surface area contributed by atoms with Crippen molar-refractivity contribution in [3.8, 4) is 11.5 Å². The molecule has 3 aromatic carbocycles. The van der Waals surface area contributed by atoms with Gasteiger partial charge in [0.15, 0.2) is 0 Å². The van der Waals surface area contributed by atoms with Crippen LogP contribution in [0.2, 0.25) is 5.02 Å². The molecule has 3 rings (SSSR count). The highest BCUT2D eigenvalue weighted by Gasteiger charge is 2.18. The van der Waals surface area contributed by atoms with E-state index in [1.165, 1.54) is 42.5 Å². The lowest BCUT2D eigenvalue weighted by Gasteiger charge is -2.13. The SMILES string of the molecule is NC(=O)c1cccc(Oc2ccc(NC(=O)Cc3ccccc3Cl)cc2S(N)(=O)=O)c1. The van der Waals surface area contributed by atoms with E-state index in [1.807, 2.05) is 0 Å². The minimum atomic E-state index is -4.19. The Morgan fingerprint density at radius 1 is 1.00 bits per heavy atom. The number of primary amides is 1. The van der Waals surface area contributed by atoms with Gasteiger partial charge in [-0.1, -0.05) is 35.9 Å². The lowest BCUT2D eigenvalue weighted by Crippen LogP contribution is -2.17. The van der Waals surface area contributed by atoms with Crippen LogP contribution in [0.25, 0.3) is 0 Å². The Labute approximate surface area is 183 Å². The summed E-state index contributed by atoms with van der Waals surface area (Å²) in [6, 6.07) is 16.8. The molecule has 0 aliphatic carbocycles. The first-order valence-corrected chi connectivity index (χ1v) is 10.8. The smallest absolute Gasteiger partial charge is 0.248 e. The molecule has 0 saturated carbocycles. The molecule has 5 N–H and O–H groups in total. The Bertz CT molecular complexity index is 1260. The predicted octanol–water partition coefficient (Wildman–Crippen LogP) is 3.06. The van der Waals surface area contributed by atoms with Gasteiger partial charge >= 0.3 is 0 Å². The van der Waals surface area contributed by atoms with Crippen LogP contribution in [0.1, 0.15) is 15.9 Å². The van der Waals surface area contributed by atoms with Crippen LogP contribution in [0, 0.1) is 0 Å². The highest BCUT2D eigenvalue weighted by atomic mass is 35.5. The first-order chi connectivity index (χ1) is 14.6. The van der Waals surface area contributed by atoms with Crippen molar-refractivity contribution in [3.05, 3.63) is 82.9 Å². The number of nitrogens with one attached hydrogen (secondary N) is 1.